The van der Waals surface area contributed by atoms with Crippen LogP contribution in [0.15, 0.2) is 47.4 Å². The van der Waals surface area contributed by atoms with Crippen molar-refractivity contribution in [1.82, 2.24) is 19.5 Å². The Morgan fingerprint density at radius 1 is 1.19 bits per heavy atom. The van der Waals surface area contributed by atoms with Crippen LogP contribution in [0.3, 0.4) is 0 Å². The van der Waals surface area contributed by atoms with E-state index in [1.165, 1.54) is 5.57 Å². The fourth-order valence-electron chi connectivity index (χ4n) is 5.43. The lowest BCUT2D eigenvalue weighted by Crippen LogP contribution is -2.34. The summed E-state index contributed by atoms with van der Waals surface area (Å²) in [5, 5.41) is 18.8. The zero-order valence-corrected chi connectivity index (χ0v) is 17.8. The van der Waals surface area contributed by atoms with E-state index in [0.29, 0.717) is 11.8 Å². The third-order valence-corrected chi connectivity index (χ3v) is 7.00. The van der Waals surface area contributed by atoms with Crippen molar-refractivity contribution < 1.29 is 9.84 Å². The Morgan fingerprint density at radius 3 is 2.77 bits per heavy atom. The molecule has 0 amide bonds. The van der Waals surface area contributed by atoms with E-state index in [-0.39, 0.29) is 5.54 Å². The lowest BCUT2D eigenvalue weighted by molar-refractivity contribution is 0.0521. The van der Waals surface area contributed by atoms with Gasteiger partial charge in [-0.3, -0.25) is 0 Å². The predicted molar refractivity (Wildman–Crippen MR) is 119 cm³/mol. The minimum atomic E-state index is -0.522. The smallest absolute Gasteiger partial charge is 0.244 e. The summed E-state index contributed by atoms with van der Waals surface area (Å²) in [4.78, 5) is 11.3. The summed E-state index contributed by atoms with van der Waals surface area (Å²) in [6.45, 7) is 2.91. The normalized spacial score (nSPS) is 29.0. The fraction of sp³-hybridized carbons (Fsp3) is 0.435. The number of aliphatic imine (C=N–C) groups is 1. The van der Waals surface area contributed by atoms with E-state index in [2.05, 4.69) is 34.4 Å². The van der Waals surface area contributed by atoms with Crippen LogP contribution >= 0.6 is 0 Å². The second-order valence-corrected chi connectivity index (χ2v) is 9.28. The van der Waals surface area contributed by atoms with Gasteiger partial charge in [-0.2, -0.15) is 4.98 Å². The second kappa shape index (κ2) is 6.43. The van der Waals surface area contributed by atoms with Crippen LogP contribution < -0.4 is 10.1 Å². The van der Waals surface area contributed by atoms with Gasteiger partial charge >= 0.3 is 0 Å². The third-order valence-electron chi connectivity index (χ3n) is 7.00. The molecule has 0 atom stereocenters. The molecule has 0 unspecified atom stereocenters. The van der Waals surface area contributed by atoms with Crippen LogP contribution in [0.4, 0.5) is 5.95 Å². The number of aromatic nitrogens is 3. The molecule has 4 aliphatic rings. The first-order valence-electron chi connectivity index (χ1n) is 10.8. The Bertz CT molecular complexity index is 1200. The van der Waals surface area contributed by atoms with Crippen molar-refractivity contribution >= 4 is 22.9 Å². The van der Waals surface area contributed by atoms with Gasteiger partial charge in [0.1, 0.15) is 11.4 Å². The number of hydrogen-bond donors (Lipinski definition) is 2. The summed E-state index contributed by atoms with van der Waals surface area (Å²) in [7, 11) is 1.64. The lowest BCUT2D eigenvalue weighted by Gasteiger charge is -2.28. The van der Waals surface area contributed by atoms with Gasteiger partial charge in [0.05, 0.1) is 12.7 Å². The molecule has 31 heavy (non-hydrogen) atoms. The summed E-state index contributed by atoms with van der Waals surface area (Å²) in [6, 6.07) is 2.05. The molecular weight excluding hydrogens is 392 g/mol. The molecule has 2 aliphatic carbocycles. The van der Waals surface area contributed by atoms with Crippen molar-refractivity contribution in [1.29, 1.82) is 0 Å². The Labute approximate surface area is 180 Å². The van der Waals surface area contributed by atoms with Crippen molar-refractivity contribution in [3.8, 4) is 5.88 Å². The number of anilines is 1. The number of allylic oxidation sites excluding steroid dienone is 2. The van der Waals surface area contributed by atoms with E-state index >= 15 is 0 Å². The van der Waals surface area contributed by atoms with Crippen LogP contribution in [-0.2, 0) is 0 Å². The number of fused-ring (bicyclic) bond motifs is 4. The first kappa shape index (κ1) is 18.6. The second-order valence-electron chi connectivity index (χ2n) is 9.28. The molecule has 2 saturated carbocycles. The number of rotatable bonds is 4. The van der Waals surface area contributed by atoms with Gasteiger partial charge in [0, 0.05) is 41.8 Å². The van der Waals surface area contributed by atoms with Crippen LogP contribution in [0.2, 0.25) is 0 Å². The quantitative estimate of drug-likeness (QED) is 0.793. The first-order valence-corrected chi connectivity index (χ1v) is 10.8. The van der Waals surface area contributed by atoms with Crippen molar-refractivity contribution in [2.24, 2.45) is 4.99 Å². The maximum absolute atomic E-state index is 10.6. The highest BCUT2D eigenvalue weighted by atomic mass is 16.5. The Hall–Kier alpha value is -3.13. The summed E-state index contributed by atoms with van der Waals surface area (Å²) >= 11 is 0. The van der Waals surface area contributed by atoms with Crippen molar-refractivity contribution in [2.75, 3.05) is 19.0 Å². The minimum absolute atomic E-state index is 0.118. The maximum Gasteiger partial charge on any atom is 0.244 e. The number of ether oxygens (including phenoxy) is 1. The molecule has 0 spiro atoms. The average molecular weight is 419 g/mol. The van der Waals surface area contributed by atoms with Crippen molar-refractivity contribution in [3.63, 3.8) is 0 Å². The van der Waals surface area contributed by atoms with E-state index < -0.39 is 5.60 Å². The molecule has 8 nitrogen and oxygen atoms in total. The highest BCUT2D eigenvalue weighted by molar-refractivity contribution is 6.02. The van der Waals surface area contributed by atoms with Crippen LogP contribution in [-0.4, -0.2) is 55.2 Å². The topological polar surface area (TPSA) is 87.3 Å². The third kappa shape index (κ3) is 2.96. The number of amidine groups is 1. The van der Waals surface area contributed by atoms with Crippen molar-refractivity contribution in [3.05, 3.63) is 48.0 Å². The van der Waals surface area contributed by atoms with Crippen LogP contribution in [0.1, 0.15) is 44.6 Å². The van der Waals surface area contributed by atoms with Gasteiger partial charge in [-0.15, -0.1) is 5.10 Å². The molecule has 2 bridgehead atoms. The molecular formula is C23H26N6O2. The maximum atomic E-state index is 10.6. The molecule has 4 heterocycles. The standard InChI is InChI=1S/C23H26N6O2/c1-15-11-24-18-4-3-16(13-28(18)12-15)17-5-10-29-19(17)20(31-2)25-21(27-29)26-22-6-8-23(30,14-22)9-7-22/h3-5,10-11,13,30H,6-9,12,14H2,1-2H3,(H,26,27). The number of hydrogen-bond acceptors (Lipinski definition) is 7. The molecule has 0 saturated heterocycles. The lowest BCUT2D eigenvalue weighted by atomic mass is 9.93. The molecule has 2 aliphatic heterocycles. The molecule has 0 radical (unpaired) electrons. The summed E-state index contributed by atoms with van der Waals surface area (Å²) in [6.07, 6.45) is 14.4. The highest BCUT2D eigenvalue weighted by Crippen LogP contribution is 2.51. The molecule has 0 aromatic carbocycles. The number of nitrogens with zero attached hydrogens (tertiary/aromatic N) is 5. The zero-order valence-electron chi connectivity index (χ0n) is 17.8. The molecule has 2 fully saturated rings. The zero-order chi connectivity index (χ0) is 21.2. The van der Waals surface area contributed by atoms with Gasteiger partial charge in [0.2, 0.25) is 11.8 Å². The fourth-order valence-corrected chi connectivity index (χ4v) is 5.43. The predicted octanol–water partition coefficient (Wildman–Crippen LogP) is 3.13. The summed E-state index contributed by atoms with van der Waals surface area (Å²) < 4.78 is 7.51. The molecule has 2 N–H and O–H groups in total. The van der Waals surface area contributed by atoms with Gasteiger partial charge in [0.15, 0.2) is 0 Å². The Morgan fingerprint density at radius 2 is 2.03 bits per heavy atom. The molecule has 6 rings (SSSR count). The van der Waals surface area contributed by atoms with E-state index in [1.807, 2.05) is 29.1 Å². The summed E-state index contributed by atoms with van der Waals surface area (Å²) in [5.41, 5.74) is 3.49. The van der Waals surface area contributed by atoms with Gasteiger partial charge in [-0.25, -0.2) is 9.51 Å². The summed E-state index contributed by atoms with van der Waals surface area (Å²) in [5.74, 6) is 2.01. The van der Waals surface area contributed by atoms with E-state index in [9.17, 15) is 5.11 Å². The van der Waals surface area contributed by atoms with Crippen molar-refractivity contribution in [2.45, 2.75) is 50.2 Å². The molecule has 160 valence electrons. The highest BCUT2D eigenvalue weighted by Gasteiger charge is 2.53. The number of aliphatic hydroxyl groups is 1. The van der Waals surface area contributed by atoms with Crippen LogP contribution in [0.5, 0.6) is 5.88 Å². The number of methoxy groups -OCH3 is 1. The minimum Gasteiger partial charge on any atom is -0.479 e. The van der Waals surface area contributed by atoms with E-state index in [1.54, 1.807) is 7.11 Å². The average Bonchev–Trinajstić information content (AvgIpc) is 3.43. The Kier molecular flexibility index (Phi) is 3.87. The van der Waals surface area contributed by atoms with E-state index in [0.717, 1.165) is 61.1 Å². The first-order chi connectivity index (χ1) is 15.0. The molecule has 2 aromatic rings. The van der Waals surface area contributed by atoms with E-state index in [4.69, 9.17) is 14.8 Å². The monoisotopic (exact) mass is 418 g/mol. The van der Waals surface area contributed by atoms with Gasteiger partial charge in [-0.1, -0.05) is 0 Å². The van der Waals surface area contributed by atoms with Gasteiger partial charge in [-0.05, 0) is 62.8 Å². The van der Waals surface area contributed by atoms with Crippen LogP contribution in [0, 0.1) is 0 Å². The molecule has 8 heteroatoms. The Balaban J connectivity index is 1.36. The largest absolute Gasteiger partial charge is 0.479 e. The van der Waals surface area contributed by atoms with Gasteiger partial charge < -0.3 is 20.1 Å². The molecule has 2 aromatic heterocycles. The van der Waals surface area contributed by atoms with Gasteiger partial charge in [0.25, 0.3) is 0 Å². The SMILES string of the molecule is COc1nc(NC23CCC(O)(CC2)C3)nn2ccc(C3=CN4CC(C)=CN=C4C=C3)c12. The number of nitrogens with one attached hydrogen (secondary N) is 1. The van der Waals surface area contributed by atoms with Crippen LogP contribution in [0.25, 0.3) is 11.1 Å².